The number of carbonyl (C=O) groups is 1. The van der Waals surface area contributed by atoms with E-state index >= 15 is 0 Å². The van der Waals surface area contributed by atoms with Crippen LogP contribution in [0.1, 0.15) is 35.8 Å². The quantitative estimate of drug-likeness (QED) is 0.936. The molecule has 0 fully saturated rings. The highest BCUT2D eigenvalue weighted by Gasteiger charge is 2.28. The summed E-state index contributed by atoms with van der Waals surface area (Å²) in [7, 11) is 0. The van der Waals surface area contributed by atoms with Gasteiger partial charge in [0.15, 0.2) is 0 Å². The molecule has 0 saturated carbocycles. The third-order valence-corrected chi connectivity index (χ3v) is 3.77. The second kappa shape index (κ2) is 5.07. The van der Waals surface area contributed by atoms with E-state index in [0.29, 0.717) is 12.8 Å². The van der Waals surface area contributed by atoms with Crippen LogP contribution in [0.5, 0.6) is 0 Å². The van der Waals surface area contributed by atoms with Gasteiger partial charge in [0.1, 0.15) is 11.6 Å². The van der Waals surface area contributed by atoms with Crippen LogP contribution in [0.25, 0.3) is 0 Å². The Balaban J connectivity index is 1.89. The summed E-state index contributed by atoms with van der Waals surface area (Å²) in [6, 6.07) is 6.31. The number of imidazole rings is 1. The standard InChI is InChI=1S/C15H15FN2O2/c16-11-5-3-10(4-6-11)8-14-17-9-13-12(15(19)20)2-1-7-18(13)14/h3-6,9,12H,1-2,7-8H2,(H,19,20). The first-order valence-corrected chi connectivity index (χ1v) is 6.66. The maximum Gasteiger partial charge on any atom is 0.312 e. The zero-order valence-corrected chi connectivity index (χ0v) is 10.9. The molecule has 20 heavy (non-hydrogen) atoms. The fraction of sp³-hybridized carbons (Fsp3) is 0.333. The lowest BCUT2D eigenvalue weighted by molar-refractivity contribution is -0.139. The molecule has 4 nitrogen and oxygen atoms in total. The Morgan fingerprint density at radius 3 is 2.85 bits per heavy atom. The number of aliphatic carboxylic acids is 1. The molecular formula is C15H15FN2O2. The number of benzene rings is 1. The van der Waals surface area contributed by atoms with Gasteiger partial charge in [0, 0.05) is 19.2 Å². The molecule has 2 aromatic rings. The van der Waals surface area contributed by atoms with Crippen molar-refractivity contribution >= 4 is 5.97 Å². The minimum atomic E-state index is -0.792. The Labute approximate surface area is 115 Å². The van der Waals surface area contributed by atoms with E-state index in [1.165, 1.54) is 12.1 Å². The highest BCUT2D eigenvalue weighted by molar-refractivity contribution is 5.75. The van der Waals surface area contributed by atoms with Crippen molar-refractivity contribution < 1.29 is 14.3 Å². The van der Waals surface area contributed by atoms with Gasteiger partial charge in [-0.1, -0.05) is 12.1 Å². The van der Waals surface area contributed by atoms with Crippen molar-refractivity contribution in [3.63, 3.8) is 0 Å². The number of halogens is 1. The SMILES string of the molecule is O=C(O)C1CCCn2c1cnc2Cc1ccc(F)cc1. The Bertz CT molecular complexity index is 634. The van der Waals surface area contributed by atoms with Crippen molar-refractivity contribution in [2.75, 3.05) is 0 Å². The van der Waals surface area contributed by atoms with Gasteiger partial charge < -0.3 is 9.67 Å². The predicted octanol–water partition coefficient (Wildman–Crippen LogP) is 2.58. The fourth-order valence-electron chi connectivity index (χ4n) is 2.74. The monoisotopic (exact) mass is 274 g/mol. The number of hydrogen-bond donors (Lipinski definition) is 1. The third-order valence-electron chi connectivity index (χ3n) is 3.77. The summed E-state index contributed by atoms with van der Waals surface area (Å²) in [6.45, 7) is 0.801. The average molecular weight is 274 g/mol. The summed E-state index contributed by atoms with van der Waals surface area (Å²) >= 11 is 0. The predicted molar refractivity (Wildman–Crippen MR) is 71.0 cm³/mol. The van der Waals surface area contributed by atoms with Crippen molar-refractivity contribution in [1.82, 2.24) is 9.55 Å². The first kappa shape index (κ1) is 12.8. The van der Waals surface area contributed by atoms with E-state index in [4.69, 9.17) is 0 Å². The van der Waals surface area contributed by atoms with E-state index in [-0.39, 0.29) is 5.82 Å². The molecule has 0 amide bonds. The van der Waals surface area contributed by atoms with E-state index < -0.39 is 11.9 Å². The summed E-state index contributed by atoms with van der Waals surface area (Å²) in [5.74, 6) is -0.667. The van der Waals surface area contributed by atoms with Crippen LogP contribution >= 0.6 is 0 Å². The second-order valence-electron chi connectivity index (χ2n) is 5.09. The molecule has 0 spiro atoms. The fourth-order valence-corrected chi connectivity index (χ4v) is 2.74. The van der Waals surface area contributed by atoms with Gasteiger partial charge >= 0.3 is 5.97 Å². The van der Waals surface area contributed by atoms with Gasteiger partial charge in [-0.05, 0) is 30.5 Å². The summed E-state index contributed by atoms with van der Waals surface area (Å²) < 4.78 is 14.9. The molecule has 1 aliphatic heterocycles. The molecule has 0 saturated heterocycles. The van der Waals surface area contributed by atoms with E-state index in [1.807, 2.05) is 4.57 Å². The largest absolute Gasteiger partial charge is 0.481 e. The smallest absolute Gasteiger partial charge is 0.312 e. The molecule has 0 aliphatic carbocycles. The lowest BCUT2D eigenvalue weighted by Gasteiger charge is -2.22. The van der Waals surface area contributed by atoms with Crippen molar-refractivity contribution in [2.24, 2.45) is 0 Å². The van der Waals surface area contributed by atoms with Crippen LogP contribution in [0.4, 0.5) is 4.39 Å². The summed E-state index contributed by atoms with van der Waals surface area (Å²) in [6.07, 6.45) is 3.76. The van der Waals surface area contributed by atoms with Crippen LogP contribution in [0.3, 0.4) is 0 Å². The van der Waals surface area contributed by atoms with Gasteiger partial charge in [-0.25, -0.2) is 9.37 Å². The second-order valence-corrected chi connectivity index (χ2v) is 5.09. The molecule has 104 valence electrons. The molecule has 2 heterocycles. The molecule has 0 radical (unpaired) electrons. The van der Waals surface area contributed by atoms with E-state index in [1.54, 1.807) is 18.3 Å². The molecule has 1 aromatic carbocycles. The molecule has 1 aliphatic rings. The number of fused-ring (bicyclic) bond motifs is 1. The highest BCUT2D eigenvalue weighted by Crippen LogP contribution is 2.29. The molecule has 1 aromatic heterocycles. The first-order valence-electron chi connectivity index (χ1n) is 6.66. The van der Waals surface area contributed by atoms with Crippen molar-refractivity contribution in [1.29, 1.82) is 0 Å². The first-order chi connectivity index (χ1) is 9.65. The van der Waals surface area contributed by atoms with Gasteiger partial charge in [-0.2, -0.15) is 0 Å². The van der Waals surface area contributed by atoms with Crippen LogP contribution in [0.2, 0.25) is 0 Å². The zero-order valence-electron chi connectivity index (χ0n) is 10.9. The molecule has 0 bridgehead atoms. The summed E-state index contributed by atoms with van der Waals surface area (Å²) in [5, 5.41) is 9.23. The van der Waals surface area contributed by atoms with Crippen LogP contribution < -0.4 is 0 Å². The van der Waals surface area contributed by atoms with Crippen molar-refractivity contribution in [3.05, 3.63) is 53.4 Å². The van der Waals surface area contributed by atoms with Gasteiger partial charge in [-0.15, -0.1) is 0 Å². The number of nitrogens with zero attached hydrogens (tertiary/aromatic N) is 2. The molecule has 1 unspecified atom stereocenters. The number of carboxylic acid groups (broad SMARTS) is 1. The van der Waals surface area contributed by atoms with Crippen LogP contribution in [-0.4, -0.2) is 20.6 Å². The maximum absolute atomic E-state index is 12.9. The number of carboxylic acids is 1. The normalized spacial score (nSPS) is 17.8. The van der Waals surface area contributed by atoms with E-state index in [2.05, 4.69) is 4.98 Å². The van der Waals surface area contributed by atoms with Crippen LogP contribution in [0, 0.1) is 5.82 Å². The topological polar surface area (TPSA) is 55.1 Å². The minimum Gasteiger partial charge on any atom is -0.481 e. The molecule has 1 atom stereocenters. The minimum absolute atomic E-state index is 0.259. The maximum atomic E-state index is 12.9. The number of aromatic nitrogens is 2. The average Bonchev–Trinajstić information content (AvgIpc) is 2.84. The van der Waals surface area contributed by atoms with Crippen molar-refractivity contribution in [3.8, 4) is 0 Å². The number of rotatable bonds is 3. The van der Waals surface area contributed by atoms with E-state index in [9.17, 15) is 14.3 Å². The lowest BCUT2D eigenvalue weighted by Crippen LogP contribution is -2.22. The molecule has 3 rings (SSSR count). The summed E-state index contributed by atoms with van der Waals surface area (Å²) in [5.41, 5.74) is 1.75. The Kier molecular flexibility index (Phi) is 3.26. The Morgan fingerprint density at radius 1 is 1.40 bits per heavy atom. The van der Waals surface area contributed by atoms with Gasteiger partial charge in [0.2, 0.25) is 0 Å². The zero-order chi connectivity index (χ0) is 14.1. The Hall–Kier alpha value is -2.17. The van der Waals surface area contributed by atoms with E-state index in [0.717, 1.165) is 30.0 Å². The third kappa shape index (κ3) is 2.31. The molecule has 1 N–H and O–H groups in total. The van der Waals surface area contributed by atoms with Gasteiger partial charge in [0.05, 0.1) is 11.6 Å². The molecule has 5 heteroatoms. The number of hydrogen-bond acceptors (Lipinski definition) is 2. The lowest BCUT2D eigenvalue weighted by atomic mass is 9.96. The molecular weight excluding hydrogens is 259 g/mol. The van der Waals surface area contributed by atoms with Gasteiger partial charge in [-0.3, -0.25) is 4.79 Å². The van der Waals surface area contributed by atoms with Gasteiger partial charge in [0.25, 0.3) is 0 Å². The van der Waals surface area contributed by atoms with Crippen LogP contribution in [-0.2, 0) is 17.8 Å². The highest BCUT2D eigenvalue weighted by atomic mass is 19.1. The summed E-state index contributed by atoms with van der Waals surface area (Å²) in [4.78, 5) is 15.6. The van der Waals surface area contributed by atoms with Crippen LogP contribution in [0.15, 0.2) is 30.5 Å². The Morgan fingerprint density at radius 2 is 2.15 bits per heavy atom. The van der Waals surface area contributed by atoms with Crippen molar-refractivity contribution in [2.45, 2.75) is 31.7 Å².